The van der Waals surface area contributed by atoms with Gasteiger partial charge in [0, 0.05) is 11.8 Å². The van der Waals surface area contributed by atoms with Gasteiger partial charge >= 0.3 is 0 Å². The Morgan fingerprint density at radius 2 is 1.07 bits per heavy atom. The van der Waals surface area contributed by atoms with Gasteiger partial charge in [0.1, 0.15) is 13.2 Å². The molecule has 0 unspecified atom stereocenters. The summed E-state index contributed by atoms with van der Waals surface area (Å²) in [5, 5.41) is 0.142. The number of hydrogen-bond acceptors (Lipinski definition) is 5. The van der Waals surface area contributed by atoms with Crippen LogP contribution in [0.2, 0.25) is 0 Å². The summed E-state index contributed by atoms with van der Waals surface area (Å²) >= 11 is 13.9. The minimum Gasteiger partial charge on any atom is -0.493 e. The van der Waals surface area contributed by atoms with Crippen molar-refractivity contribution >= 4 is 35.0 Å². The maximum Gasteiger partial charge on any atom is 0.161 e. The third-order valence-corrected chi connectivity index (χ3v) is 6.20. The van der Waals surface area contributed by atoms with Gasteiger partial charge in [0.25, 0.3) is 0 Å². The van der Waals surface area contributed by atoms with Gasteiger partial charge in [0.2, 0.25) is 0 Å². The monoisotopic (exact) mass is 430 g/mol. The molecular weight excluding hydrogens is 407 g/mol. The summed E-state index contributed by atoms with van der Waals surface area (Å²) in [4.78, 5) is 0. The number of para-hydroxylation sites is 4. The van der Waals surface area contributed by atoms with Crippen molar-refractivity contribution in [3.05, 3.63) is 48.5 Å². The number of halogens is 2. The summed E-state index contributed by atoms with van der Waals surface area (Å²) in [5.41, 5.74) is 0. The molecule has 7 heteroatoms. The molecule has 0 bridgehead atoms. The number of ether oxygens (including phenoxy) is 4. The predicted molar refractivity (Wildman–Crippen MR) is 114 cm³/mol. The number of rotatable bonds is 12. The molecule has 0 fully saturated rings. The van der Waals surface area contributed by atoms with E-state index >= 15 is 0 Å². The van der Waals surface area contributed by atoms with Crippen molar-refractivity contribution in [1.82, 2.24) is 0 Å². The molecule has 2 rings (SSSR count). The Balaban J connectivity index is 1.88. The molecule has 0 aliphatic heterocycles. The van der Waals surface area contributed by atoms with Crippen LogP contribution in [0, 0.1) is 0 Å². The van der Waals surface area contributed by atoms with Crippen LogP contribution in [0.3, 0.4) is 0 Å². The van der Waals surface area contributed by atoms with Crippen LogP contribution in [-0.2, 0) is 0 Å². The minimum absolute atomic E-state index is 0.0709. The van der Waals surface area contributed by atoms with Crippen LogP contribution in [-0.4, -0.2) is 49.7 Å². The Kier molecular flexibility index (Phi) is 9.81. The Bertz CT molecular complexity index is 629. The smallest absolute Gasteiger partial charge is 0.161 e. The third kappa shape index (κ3) is 6.91. The van der Waals surface area contributed by atoms with Crippen LogP contribution in [0.15, 0.2) is 48.5 Å². The number of methoxy groups -OCH3 is 2. The van der Waals surface area contributed by atoms with Gasteiger partial charge in [-0.2, -0.15) is 0 Å². The molecule has 2 atom stereocenters. The molecule has 0 amide bonds. The first-order chi connectivity index (χ1) is 13.2. The largest absolute Gasteiger partial charge is 0.493 e. The standard InChI is InChI=1S/C20H24Cl2O4S/c1-23-17-7-3-5-9-19(17)25-13-15(11-21)27-16(12-22)14-26-20-10-6-4-8-18(20)24-2/h3-10,15-16H,11-14H2,1-2H3/t15-,16+. The van der Waals surface area contributed by atoms with Crippen LogP contribution in [0.5, 0.6) is 23.0 Å². The minimum atomic E-state index is 0.0709. The Hall–Kier alpha value is -1.43. The topological polar surface area (TPSA) is 36.9 Å². The fourth-order valence-electron chi connectivity index (χ4n) is 2.35. The maximum absolute atomic E-state index is 6.14. The van der Waals surface area contributed by atoms with Crippen molar-refractivity contribution in [2.75, 3.05) is 39.2 Å². The summed E-state index contributed by atoms with van der Waals surface area (Å²) < 4.78 is 22.4. The molecule has 0 aliphatic carbocycles. The lowest BCUT2D eigenvalue weighted by atomic mass is 10.3. The highest BCUT2D eigenvalue weighted by molar-refractivity contribution is 8.00. The normalized spacial score (nSPS) is 12.9. The molecule has 0 spiro atoms. The number of alkyl halides is 2. The van der Waals surface area contributed by atoms with Crippen LogP contribution < -0.4 is 18.9 Å². The van der Waals surface area contributed by atoms with Crippen molar-refractivity contribution < 1.29 is 18.9 Å². The molecule has 0 heterocycles. The first kappa shape index (κ1) is 21.9. The predicted octanol–water partition coefficient (Wildman–Crippen LogP) is 5.11. The molecule has 0 saturated carbocycles. The van der Waals surface area contributed by atoms with Crippen molar-refractivity contribution in [2.45, 2.75) is 10.5 Å². The van der Waals surface area contributed by atoms with Gasteiger partial charge in [-0.25, -0.2) is 0 Å². The Labute approximate surface area is 175 Å². The summed E-state index contributed by atoms with van der Waals surface area (Å²) in [6, 6.07) is 15.1. The second kappa shape index (κ2) is 12.1. The Morgan fingerprint density at radius 3 is 1.41 bits per heavy atom. The molecular formula is C20H24Cl2O4S. The first-order valence-corrected chi connectivity index (χ1v) is 10.5. The zero-order valence-corrected chi connectivity index (χ0v) is 17.7. The molecule has 27 heavy (non-hydrogen) atoms. The molecule has 2 aromatic carbocycles. The first-order valence-electron chi connectivity index (χ1n) is 8.50. The highest BCUT2D eigenvalue weighted by Gasteiger charge is 2.19. The van der Waals surface area contributed by atoms with E-state index in [1.165, 1.54) is 0 Å². The van der Waals surface area contributed by atoms with Gasteiger partial charge in [-0.3, -0.25) is 0 Å². The van der Waals surface area contributed by atoms with Crippen LogP contribution in [0.4, 0.5) is 0 Å². The van der Waals surface area contributed by atoms with E-state index in [0.29, 0.717) is 48.0 Å². The molecule has 0 saturated heterocycles. The fourth-order valence-corrected chi connectivity index (χ4v) is 3.95. The van der Waals surface area contributed by atoms with Crippen LogP contribution in [0.25, 0.3) is 0 Å². The number of benzene rings is 2. The number of hydrogen-bond donors (Lipinski definition) is 0. The average molecular weight is 431 g/mol. The van der Waals surface area contributed by atoms with E-state index in [1.807, 2.05) is 48.5 Å². The van der Waals surface area contributed by atoms with Crippen molar-refractivity contribution in [3.63, 3.8) is 0 Å². The highest BCUT2D eigenvalue weighted by atomic mass is 35.5. The molecule has 148 valence electrons. The summed E-state index contributed by atoms with van der Waals surface area (Å²) in [6.07, 6.45) is 0. The molecule has 0 aromatic heterocycles. The summed E-state index contributed by atoms with van der Waals surface area (Å²) in [7, 11) is 3.24. The highest BCUT2D eigenvalue weighted by Crippen LogP contribution is 2.30. The molecule has 2 aromatic rings. The van der Waals surface area contributed by atoms with Gasteiger partial charge in [-0.15, -0.1) is 35.0 Å². The summed E-state index contributed by atoms with van der Waals surface area (Å²) in [6.45, 7) is 0.910. The lowest BCUT2D eigenvalue weighted by molar-refractivity contribution is 0.293. The van der Waals surface area contributed by atoms with Crippen molar-refractivity contribution in [2.24, 2.45) is 0 Å². The van der Waals surface area contributed by atoms with E-state index < -0.39 is 0 Å². The lowest BCUT2D eigenvalue weighted by Crippen LogP contribution is -2.25. The van der Waals surface area contributed by atoms with E-state index in [9.17, 15) is 0 Å². The lowest BCUT2D eigenvalue weighted by Gasteiger charge is -2.22. The van der Waals surface area contributed by atoms with Crippen molar-refractivity contribution in [3.8, 4) is 23.0 Å². The van der Waals surface area contributed by atoms with E-state index in [4.69, 9.17) is 42.1 Å². The van der Waals surface area contributed by atoms with E-state index in [-0.39, 0.29) is 10.5 Å². The van der Waals surface area contributed by atoms with E-state index in [2.05, 4.69) is 0 Å². The van der Waals surface area contributed by atoms with Gasteiger partial charge in [-0.1, -0.05) is 24.3 Å². The van der Waals surface area contributed by atoms with Gasteiger partial charge in [-0.05, 0) is 24.3 Å². The quantitative estimate of drug-likeness (QED) is 0.437. The van der Waals surface area contributed by atoms with Crippen LogP contribution in [0.1, 0.15) is 0 Å². The van der Waals surface area contributed by atoms with Gasteiger partial charge in [0.15, 0.2) is 23.0 Å². The zero-order chi connectivity index (χ0) is 19.5. The molecule has 0 aliphatic rings. The zero-order valence-electron chi connectivity index (χ0n) is 15.4. The molecule has 0 N–H and O–H groups in total. The van der Waals surface area contributed by atoms with E-state index in [0.717, 1.165) is 0 Å². The van der Waals surface area contributed by atoms with Crippen LogP contribution >= 0.6 is 35.0 Å². The SMILES string of the molecule is COc1ccccc1OC[C@@H](CCl)S[C@@H](CCl)COc1ccccc1OC. The maximum atomic E-state index is 6.14. The van der Waals surface area contributed by atoms with Crippen molar-refractivity contribution in [1.29, 1.82) is 0 Å². The number of thioether (sulfide) groups is 1. The molecule has 4 nitrogen and oxygen atoms in total. The Morgan fingerprint density at radius 1 is 0.704 bits per heavy atom. The second-order valence-corrected chi connectivity index (χ2v) is 7.84. The van der Waals surface area contributed by atoms with E-state index in [1.54, 1.807) is 26.0 Å². The fraction of sp³-hybridized carbons (Fsp3) is 0.400. The van der Waals surface area contributed by atoms with Gasteiger partial charge < -0.3 is 18.9 Å². The van der Waals surface area contributed by atoms with Gasteiger partial charge in [0.05, 0.1) is 24.7 Å². The average Bonchev–Trinajstić information content (AvgIpc) is 2.73. The third-order valence-electron chi connectivity index (χ3n) is 3.72. The molecule has 0 radical (unpaired) electrons. The second-order valence-electron chi connectivity index (χ2n) is 5.61. The summed E-state index contributed by atoms with van der Waals surface area (Å²) in [5.74, 6) is 3.68.